The van der Waals surface area contributed by atoms with E-state index >= 15 is 0 Å². The van der Waals surface area contributed by atoms with Gasteiger partial charge in [0.2, 0.25) is 4.96 Å². The maximum absolute atomic E-state index is 12.4. The molecule has 1 amide bonds. The largest absolute Gasteiger partial charge is 0.451 e. The highest BCUT2D eigenvalue weighted by Crippen LogP contribution is 2.26. The number of amides is 1. The average Bonchev–Trinajstić information content (AvgIpc) is 3.18. The standard InChI is InChI=1S/C18H18N4O2S/c1-10-4-5-14-11(2)16(24-15(14)8-10)17(23)19-7-6-13-9-22-18(20-13)25-12(3)21-22/h4-5,8-9H,6-7H2,1-3H3,(H,19,23). The van der Waals surface area contributed by atoms with E-state index < -0.39 is 0 Å². The molecule has 0 radical (unpaired) electrons. The first-order valence-electron chi connectivity index (χ1n) is 8.11. The molecule has 3 heterocycles. The number of fused-ring (bicyclic) bond motifs is 2. The zero-order valence-corrected chi connectivity index (χ0v) is 15.1. The Morgan fingerprint density at radius 1 is 1.32 bits per heavy atom. The van der Waals surface area contributed by atoms with Crippen LogP contribution in [0, 0.1) is 20.8 Å². The van der Waals surface area contributed by atoms with E-state index in [1.54, 1.807) is 15.9 Å². The predicted molar refractivity (Wildman–Crippen MR) is 97.3 cm³/mol. The van der Waals surface area contributed by atoms with Gasteiger partial charge in [0, 0.05) is 23.9 Å². The summed E-state index contributed by atoms with van der Waals surface area (Å²) in [6.45, 7) is 6.37. The molecule has 6 nitrogen and oxygen atoms in total. The lowest BCUT2D eigenvalue weighted by atomic mass is 10.1. The van der Waals surface area contributed by atoms with Crippen LogP contribution in [-0.2, 0) is 6.42 Å². The van der Waals surface area contributed by atoms with Crippen molar-refractivity contribution >= 4 is 33.2 Å². The topological polar surface area (TPSA) is 72.4 Å². The molecule has 0 unspecified atom stereocenters. The second-order valence-electron chi connectivity index (χ2n) is 6.14. The molecule has 25 heavy (non-hydrogen) atoms. The Morgan fingerprint density at radius 2 is 2.16 bits per heavy atom. The molecule has 1 aromatic carbocycles. The van der Waals surface area contributed by atoms with Gasteiger partial charge in [0.1, 0.15) is 10.6 Å². The molecular weight excluding hydrogens is 336 g/mol. The van der Waals surface area contributed by atoms with Crippen LogP contribution in [-0.4, -0.2) is 27.0 Å². The number of imidazole rings is 1. The average molecular weight is 354 g/mol. The van der Waals surface area contributed by atoms with Crippen LogP contribution in [0.1, 0.15) is 32.4 Å². The van der Waals surface area contributed by atoms with Crippen LogP contribution in [0.5, 0.6) is 0 Å². The molecule has 0 aliphatic rings. The van der Waals surface area contributed by atoms with E-state index in [4.69, 9.17) is 4.42 Å². The maximum atomic E-state index is 12.4. The summed E-state index contributed by atoms with van der Waals surface area (Å²) in [6, 6.07) is 5.96. The van der Waals surface area contributed by atoms with Crippen molar-refractivity contribution in [2.75, 3.05) is 6.54 Å². The summed E-state index contributed by atoms with van der Waals surface area (Å²) in [6.07, 6.45) is 2.56. The van der Waals surface area contributed by atoms with Crippen LogP contribution in [0.15, 0.2) is 28.8 Å². The summed E-state index contributed by atoms with van der Waals surface area (Å²) in [5.41, 5.74) is 3.64. The third-order valence-corrected chi connectivity index (χ3v) is 5.00. The molecule has 7 heteroatoms. The van der Waals surface area contributed by atoms with Gasteiger partial charge >= 0.3 is 0 Å². The number of aryl methyl sites for hydroxylation is 3. The number of rotatable bonds is 4. The number of hydrogen-bond acceptors (Lipinski definition) is 5. The molecule has 1 N–H and O–H groups in total. The molecule has 0 saturated carbocycles. The van der Waals surface area contributed by atoms with Crippen LogP contribution < -0.4 is 5.32 Å². The highest BCUT2D eigenvalue weighted by molar-refractivity contribution is 7.16. The summed E-state index contributed by atoms with van der Waals surface area (Å²) in [5.74, 6) is 0.185. The highest BCUT2D eigenvalue weighted by Gasteiger charge is 2.17. The van der Waals surface area contributed by atoms with Crippen LogP contribution in [0.2, 0.25) is 0 Å². The number of nitrogens with zero attached hydrogens (tertiary/aromatic N) is 3. The number of hydrogen-bond donors (Lipinski definition) is 1. The van der Waals surface area contributed by atoms with E-state index in [2.05, 4.69) is 15.4 Å². The SMILES string of the molecule is Cc1ccc2c(C)c(C(=O)NCCc3cn4nc(C)sc4n3)oc2c1. The number of carbonyl (C=O) groups excluding carboxylic acids is 1. The molecule has 0 fully saturated rings. The third kappa shape index (κ3) is 2.91. The van der Waals surface area contributed by atoms with Gasteiger partial charge < -0.3 is 9.73 Å². The van der Waals surface area contributed by atoms with Gasteiger partial charge in [-0.05, 0) is 32.4 Å². The second kappa shape index (κ2) is 6.00. The van der Waals surface area contributed by atoms with E-state index in [0.29, 0.717) is 18.7 Å². The van der Waals surface area contributed by atoms with Crippen molar-refractivity contribution < 1.29 is 9.21 Å². The smallest absolute Gasteiger partial charge is 0.287 e. The van der Waals surface area contributed by atoms with Crippen molar-refractivity contribution in [1.29, 1.82) is 0 Å². The van der Waals surface area contributed by atoms with Crippen molar-refractivity contribution in [2.24, 2.45) is 0 Å². The lowest BCUT2D eigenvalue weighted by Gasteiger charge is -2.02. The Bertz CT molecular complexity index is 1060. The maximum Gasteiger partial charge on any atom is 0.287 e. The predicted octanol–water partition coefficient (Wildman–Crippen LogP) is 3.43. The molecule has 0 aliphatic carbocycles. The molecule has 0 atom stereocenters. The van der Waals surface area contributed by atoms with Gasteiger partial charge in [0.05, 0.1) is 11.9 Å². The summed E-state index contributed by atoms with van der Waals surface area (Å²) in [4.78, 5) is 17.8. The summed E-state index contributed by atoms with van der Waals surface area (Å²) < 4.78 is 7.53. The van der Waals surface area contributed by atoms with Gasteiger partial charge in [-0.25, -0.2) is 9.50 Å². The minimum Gasteiger partial charge on any atom is -0.451 e. The monoisotopic (exact) mass is 354 g/mol. The molecule has 0 aliphatic heterocycles. The highest BCUT2D eigenvalue weighted by atomic mass is 32.1. The van der Waals surface area contributed by atoms with Crippen molar-refractivity contribution in [2.45, 2.75) is 27.2 Å². The van der Waals surface area contributed by atoms with E-state index in [0.717, 1.165) is 37.8 Å². The summed E-state index contributed by atoms with van der Waals surface area (Å²) >= 11 is 1.55. The lowest BCUT2D eigenvalue weighted by Crippen LogP contribution is -2.25. The van der Waals surface area contributed by atoms with Gasteiger partial charge in [0.25, 0.3) is 5.91 Å². The summed E-state index contributed by atoms with van der Waals surface area (Å²) in [7, 11) is 0. The fraction of sp³-hybridized carbons (Fsp3) is 0.278. The molecule has 3 aromatic heterocycles. The Labute approximate surface area is 148 Å². The van der Waals surface area contributed by atoms with Crippen LogP contribution in [0.25, 0.3) is 15.9 Å². The van der Waals surface area contributed by atoms with E-state index in [1.165, 1.54) is 0 Å². The number of nitrogens with one attached hydrogen (secondary N) is 1. The number of benzene rings is 1. The van der Waals surface area contributed by atoms with Gasteiger partial charge in [-0.15, -0.1) is 0 Å². The fourth-order valence-corrected chi connectivity index (χ4v) is 3.64. The normalized spacial score (nSPS) is 11.5. The van der Waals surface area contributed by atoms with E-state index in [9.17, 15) is 4.79 Å². The lowest BCUT2D eigenvalue weighted by molar-refractivity contribution is 0.0927. The Morgan fingerprint density at radius 3 is 2.96 bits per heavy atom. The van der Waals surface area contributed by atoms with Crippen LogP contribution >= 0.6 is 11.3 Å². The fourth-order valence-electron chi connectivity index (χ4n) is 2.90. The molecule has 0 spiro atoms. The zero-order valence-electron chi connectivity index (χ0n) is 14.3. The molecule has 4 aromatic rings. The van der Waals surface area contributed by atoms with Crippen molar-refractivity contribution in [3.63, 3.8) is 0 Å². The number of carbonyl (C=O) groups is 1. The Hall–Kier alpha value is -2.67. The Kier molecular flexibility index (Phi) is 3.80. The first kappa shape index (κ1) is 15.8. The first-order valence-corrected chi connectivity index (χ1v) is 8.92. The van der Waals surface area contributed by atoms with Gasteiger partial charge in [-0.2, -0.15) is 5.10 Å². The molecule has 128 valence electrons. The minimum atomic E-state index is -0.193. The van der Waals surface area contributed by atoms with E-state index in [1.807, 2.05) is 45.2 Å². The summed E-state index contributed by atoms with van der Waals surface area (Å²) in [5, 5.41) is 9.21. The number of furan rings is 1. The second-order valence-corrected chi connectivity index (χ2v) is 7.30. The van der Waals surface area contributed by atoms with Gasteiger partial charge in [-0.1, -0.05) is 23.5 Å². The molecular formula is C18H18N4O2S. The number of aromatic nitrogens is 3. The van der Waals surface area contributed by atoms with Crippen LogP contribution in [0.4, 0.5) is 0 Å². The van der Waals surface area contributed by atoms with Crippen molar-refractivity contribution in [1.82, 2.24) is 19.9 Å². The third-order valence-electron chi connectivity index (χ3n) is 4.16. The Balaban J connectivity index is 1.44. The first-order chi connectivity index (χ1) is 12.0. The molecule has 4 rings (SSSR count). The van der Waals surface area contributed by atoms with Crippen molar-refractivity contribution in [3.05, 3.63) is 52.0 Å². The quantitative estimate of drug-likeness (QED) is 0.609. The minimum absolute atomic E-state index is 0.193. The zero-order chi connectivity index (χ0) is 17.6. The molecule has 0 bridgehead atoms. The van der Waals surface area contributed by atoms with Gasteiger partial charge in [-0.3, -0.25) is 4.79 Å². The van der Waals surface area contributed by atoms with Gasteiger partial charge in [0.15, 0.2) is 5.76 Å². The van der Waals surface area contributed by atoms with Crippen molar-refractivity contribution in [3.8, 4) is 0 Å². The van der Waals surface area contributed by atoms with E-state index in [-0.39, 0.29) is 5.91 Å². The van der Waals surface area contributed by atoms with Crippen LogP contribution in [0.3, 0.4) is 0 Å². The molecule has 0 saturated heterocycles.